The van der Waals surface area contributed by atoms with Gasteiger partial charge in [-0.1, -0.05) is 52.7 Å². The number of aryl methyl sites for hydroxylation is 2. The number of aromatic nitrogens is 1. The summed E-state index contributed by atoms with van der Waals surface area (Å²) in [5, 5.41) is 6.63. The van der Waals surface area contributed by atoms with Gasteiger partial charge >= 0.3 is 0 Å². The fourth-order valence-corrected chi connectivity index (χ4v) is 5.97. The van der Waals surface area contributed by atoms with Crippen molar-refractivity contribution >= 4 is 45.4 Å². The molecule has 1 aliphatic heterocycles. The predicted molar refractivity (Wildman–Crippen MR) is 133 cm³/mol. The maximum Gasteiger partial charge on any atom is 0.248 e. The van der Waals surface area contributed by atoms with Gasteiger partial charge in [0.1, 0.15) is 11.5 Å². The number of nitrogens with zero attached hydrogens (tertiary/aromatic N) is 2. The number of hydrogen-bond acceptors (Lipinski definition) is 5. The van der Waals surface area contributed by atoms with E-state index in [-0.39, 0.29) is 46.1 Å². The molecule has 35 heavy (non-hydrogen) atoms. The minimum atomic E-state index is -3.97. The van der Waals surface area contributed by atoms with E-state index in [1.165, 1.54) is 16.4 Å². The molecule has 1 aromatic heterocycles. The summed E-state index contributed by atoms with van der Waals surface area (Å²) in [4.78, 5) is 12.8. The third-order valence-electron chi connectivity index (χ3n) is 5.88. The number of halogens is 2. The largest absolute Gasteiger partial charge is 0.355 e. The van der Waals surface area contributed by atoms with Crippen molar-refractivity contribution in [2.45, 2.75) is 31.6 Å². The van der Waals surface area contributed by atoms with Crippen LogP contribution in [0.5, 0.6) is 0 Å². The van der Waals surface area contributed by atoms with E-state index in [1.807, 2.05) is 31.2 Å². The van der Waals surface area contributed by atoms with Gasteiger partial charge in [0.2, 0.25) is 15.9 Å². The Labute approximate surface area is 208 Å². The van der Waals surface area contributed by atoms with Crippen molar-refractivity contribution in [3.8, 4) is 0 Å². The molecule has 1 atom stereocenters. The fraction of sp³-hybridized carbons (Fsp3) is 0.280. The third-order valence-corrected chi connectivity index (χ3v) is 8.22. The summed E-state index contributed by atoms with van der Waals surface area (Å²) in [6.07, 6.45) is 4.37. The molecule has 4 rings (SSSR count). The van der Waals surface area contributed by atoms with Crippen LogP contribution in [-0.2, 0) is 14.8 Å². The second-order valence-corrected chi connectivity index (χ2v) is 10.8. The van der Waals surface area contributed by atoms with Gasteiger partial charge in [-0.2, -0.15) is 4.31 Å². The Morgan fingerprint density at radius 2 is 1.94 bits per heavy atom. The van der Waals surface area contributed by atoms with Crippen LogP contribution in [-0.4, -0.2) is 36.9 Å². The monoisotopic (exact) mass is 517 g/mol. The van der Waals surface area contributed by atoms with E-state index in [9.17, 15) is 17.6 Å². The van der Waals surface area contributed by atoms with Crippen LogP contribution >= 0.6 is 11.6 Å². The van der Waals surface area contributed by atoms with Crippen LogP contribution in [0.3, 0.4) is 0 Å². The maximum absolute atomic E-state index is 13.6. The Hall–Kier alpha value is -3.01. The number of hydrogen-bond donors (Lipinski definition) is 1. The average Bonchev–Trinajstić information content (AvgIpc) is 3.21. The summed E-state index contributed by atoms with van der Waals surface area (Å²) in [5.74, 6) is -1.35. The summed E-state index contributed by atoms with van der Waals surface area (Å²) in [6, 6.07) is 11.4. The van der Waals surface area contributed by atoms with E-state index in [4.69, 9.17) is 16.1 Å². The van der Waals surface area contributed by atoms with Crippen LogP contribution in [0.15, 0.2) is 51.9 Å². The molecule has 1 amide bonds. The first kappa shape index (κ1) is 25.1. The molecule has 2 heterocycles. The van der Waals surface area contributed by atoms with Crippen LogP contribution in [0, 0.1) is 25.6 Å². The number of carbonyl (C=O) groups is 1. The van der Waals surface area contributed by atoms with E-state index in [0.29, 0.717) is 12.8 Å². The number of nitrogens with one attached hydrogen (secondary N) is 1. The van der Waals surface area contributed by atoms with Crippen molar-refractivity contribution in [2.24, 2.45) is 5.92 Å². The van der Waals surface area contributed by atoms with Crippen LogP contribution in [0.1, 0.15) is 35.4 Å². The van der Waals surface area contributed by atoms with Gasteiger partial charge in [0, 0.05) is 13.1 Å². The van der Waals surface area contributed by atoms with Crippen LogP contribution < -0.4 is 5.32 Å². The van der Waals surface area contributed by atoms with E-state index < -0.39 is 21.8 Å². The Kier molecular flexibility index (Phi) is 7.39. The van der Waals surface area contributed by atoms with Gasteiger partial charge in [-0.15, -0.1) is 0 Å². The summed E-state index contributed by atoms with van der Waals surface area (Å²) < 4.78 is 47.0. The van der Waals surface area contributed by atoms with Crippen molar-refractivity contribution in [3.63, 3.8) is 0 Å². The van der Waals surface area contributed by atoms with Gasteiger partial charge in [0.25, 0.3) is 0 Å². The summed E-state index contributed by atoms with van der Waals surface area (Å²) >= 11 is 6.01. The van der Waals surface area contributed by atoms with Crippen LogP contribution in [0.2, 0.25) is 5.02 Å². The smallest absolute Gasteiger partial charge is 0.248 e. The number of rotatable bonds is 6. The second kappa shape index (κ2) is 10.3. The molecule has 3 aromatic rings. The zero-order valence-corrected chi connectivity index (χ0v) is 20.9. The van der Waals surface area contributed by atoms with E-state index >= 15 is 0 Å². The molecule has 0 spiro atoms. The Balaban J connectivity index is 1.53. The molecule has 1 saturated heterocycles. The highest BCUT2D eigenvalue weighted by Gasteiger charge is 2.37. The van der Waals surface area contributed by atoms with Gasteiger partial charge in [-0.05, 0) is 56.5 Å². The lowest BCUT2D eigenvalue weighted by atomic mass is 9.98. The summed E-state index contributed by atoms with van der Waals surface area (Å²) in [6.45, 7) is 3.83. The Morgan fingerprint density at radius 1 is 1.20 bits per heavy atom. The first-order chi connectivity index (χ1) is 16.6. The molecule has 10 heteroatoms. The number of piperidine rings is 1. The van der Waals surface area contributed by atoms with Gasteiger partial charge < -0.3 is 9.84 Å². The van der Waals surface area contributed by atoms with E-state index in [0.717, 1.165) is 17.2 Å². The number of anilines is 1. The number of benzene rings is 2. The highest BCUT2D eigenvalue weighted by atomic mass is 35.5. The zero-order chi connectivity index (χ0) is 25.2. The van der Waals surface area contributed by atoms with Gasteiger partial charge in [0.15, 0.2) is 10.7 Å². The number of sulfonamides is 1. The van der Waals surface area contributed by atoms with Crippen LogP contribution in [0.25, 0.3) is 12.2 Å². The van der Waals surface area contributed by atoms with Gasteiger partial charge in [-0.25, -0.2) is 12.8 Å². The molecular formula is C25H25ClFN3O4S. The standard InChI is InChI=1S/C25H25ClFN3O4S/c1-16-5-7-18(8-6-16)9-12-23-24(17(2)29-34-23)35(32,33)30-13-3-4-19(15-30)25(31)28-22-11-10-20(27)14-21(22)26/h5-12,14,19H,3-4,13,15H2,1-2H3,(H,28,31)/b12-9+/t19-/m1/s1. The first-order valence-corrected chi connectivity index (χ1v) is 12.9. The van der Waals surface area contributed by atoms with Crippen molar-refractivity contribution in [1.82, 2.24) is 9.46 Å². The van der Waals surface area contributed by atoms with Gasteiger partial charge in [-0.3, -0.25) is 4.79 Å². The average molecular weight is 518 g/mol. The lowest BCUT2D eigenvalue weighted by Gasteiger charge is -2.31. The van der Waals surface area contributed by atoms with E-state index in [1.54, 1.807) is 19.1 Å². The summed E-state index contributed by atoms with van der Waals surface area (Å²) in [7, 11) is -3.97. The van der Waals surface area contributed by atoms with Crippen LogP contribution in [0.4, 0.5) is 10.1 Å². The molecule has 1 fully saturated rings. The lowest BCUT2D eigenvalue weighted by molar-refractivity contribution is -0.120. The molecule has 1 aliphatic rings. The molecule has 7 nitrogen and oxygen atoms in total. The molecule has 0 radical (unpaired) electrons. The Morgan fingerprint density at radius 3 is 2.66 bits per heavy atom. The minimum Gasteiger partial charge on any atom is -0.355 e. The van der Waals surface area contributed by atoms with Gasteiger partial charge in [0.05, 0.1) is 16.6 Å². The molecule has 184 valence electrons. The first-order valence-electron chi connectivity index (χ1n) is 11.1. The number of carbonyl (C=O) groups excluding carboxylic acids is 1. The highest BCUT2D eigenvalue weighted by Crippen LogP contribution is 2.30. The van der Waals surface area contributed by atoms with Crippen molar-refractivity contribution < 1.29 is 22.1 Å². The third kappa shape index (κ3) is 5.63. The maximum atomic E-state index is 13.6. The molecule has 0 unspecified atom stereocenters. The molecule has 1 N–H and O–H groups in total. The van der Waals surface area contributed by atoms with Crippen molar-refractivity contribution in [2.75, 3.05) is 18.4 Å². The molecule has 0 bridgehead atoms. The molecule has 2 aromatic carbocycles. The van der Waals surface area contributed by atoms with Crippen molar-refractivity contribution in [1.29, 1.82) is 0 Å². The predicted octanol–water partition coefficient (Wildman–Crippen LogP) is 5.29. The minimum absolute atomic E-state index is 0.00127. The lowest BCUT2D eigenvalue weighted by Crippen LogP contribution is -2.43. The highest BCUT2D eigenvalue weighted by molar-refractivity contribution is 7.89. The van der Waals surface area contributed by atoms with Crippen molar-refractivity contribution in [3.05, 3.63) is 75.9 Å². The molecule has 0 saturated carbocycles. The topological polar surface area (TPSA) is 92.5 Å². The Bertz CT molecular complexity index is 1370. The quantitative estimate of drug-likeness (QED) is 0.479. The zero-order valence-electron chi connectivity index (χ0n) is 19.3. The fourth-order valence-electron chi connectivity index (χ4n) is 3.98. The van der Waals surface area contributed by atoms with E-state index in [2.05, 4.69) is 10.5 Å². The summed E-state index contributed by atoms with van der Waals surface area (Å²) in [5.41, 5.74) is 2.53. The normalized spacial score (nSPS) is 17.1. The second-order valence-electron chi connectivity index (χ2n) is 8.52. The molecule has 0 aliphatic carbocycles. The number of amides is 1. The SMILES string of the molecule is Cc1ccc(/C=C/c2onc(C)c2S(=O)(=O)N2CCC[C@@H](C(=O)Nc3ccc(F)cc3Cl)C2)cc1. The molecular weight excluding hydrogens is 493 g/mol.